The molecule has 0 N–H and O–H groups in total. The van der Waals surface area contributed by atoms with Crippen molar-refractivity contribution in [1.29, 1.82) is 0 Å². The fourth-order valence-electron chi connectivity index (χ4n) is 2.40. The second kappa shape index (κ2) is 7.57. The molecule has 0 bridgehead atoms. The molecule has 1 aromatic heterocycles. The molecule has 1 heterocycles. The first-order chi connectivity index (χ1) is 10.1. The molecule has 0 fully saturated rings. The predicted octanol–water partition coefficient (Wildman–Crippen LogP) is 3.51. The Morgan fingerprint density at radius 1 is 1.29 bits per heavy atom. The van der Waals surface area contributed by atoms with Crippen molar-refractivity contribution in [3.63, 3.8) is 0 Å². The molecule has 0 spiro atoms. The molecule has 2 rings (SSSR count). The largest absolute Gasteiger partial charge is 0.385 e. The Labute approximate surface area is 129 Å². The van der Waals surface area contributed by atoms with Crippen LogP contribution in [0.3, 0.4) is 0 Å². The normalized spacial score (nSPS) is 12.7. The van der Waals surface area contributed by atoms with Gasteiger partial charge in [0.25, 0.3) is 5.56 Å². The van der Waals surface area contributed by atoms with E-state index in [1.807, 2.05) is 31.2 Å². The molecule has 5 heteroatoms. The maximum atomic E-state index is 12.6. The highest BCUT2D eigenvalue weighted by Gasteiger charge is 2.14. The number of hydrogen-bond donors (Lipinski definition) is 0. The highest BCUT2D eigenvalue weighted by Crippen LogP contribution is 2.19. The lowest BCUT2D eigenvalue weighted by Crippen LogP contribution is -2.26. The summed E-state index contributed by atoms with van der Waals surface area (Å²) >= 11 is 6.20. The van der Waals surface area contributed by atoms with Crippen LogP contribution in [0.25, 0.3) is 10.9 Å². The number of rotatable bonds is 7. The van der Waals surface area contributed by atoms with Crippen LogP contribution in [0.5, 0.6) is 0 Å². The number of para-hydroxylation sites is 1. The minimum atomic E-state index is -0.290. The van der Waals surface area contributed by atoms with E-state index >= 15 is 0 Å². The number of aromatic nitrogens is 2. The quantitative estimate of drug-likeness (QED) is 0.581. The topological polar surface area (TPSA) is 44.1 Å². The molecule has 0 aliphatic heterocycles. The zero-order chi connectivity index (χ0) is 15.2. The van der Waals surface area contributed by atoms with Crippen molar-refractivity contribution in [2.45, 2.75) is 38.1 Å². The van der Waals surface area contributed by atoms with E-state index in [0.29, 0.717) is 23.3 Å². The van der Waals surface area contributed by atoms with E-state index in [4.69, 9.17) is 16.3 Å². The summed E-state index contributed by atoms with van der Waals surface area (Å²) in [6.45, 7) is 3.25. The number of methoxy groups -OCH3 is 1. The SMILES string of the molecule is COCCCCCn1c(C(C)Cl)nc2ccccc2c1=O. The Bertz CT molecular complexity index is 652. The molecular weight excluding hydrogens is 288 g/mol. The van der Waals surface area contributed by atoms with Crippen LogP contribution in [0.1, 0.15) is 37.4 Å². The van der Waals surface area contributed by atoms with Crippen LogP contribution in [0.2, 0.25) is 0 Å². The van der Waals surface area contributed by atoms with Crippen molar-refractivity contribution < 1.29 is 4.74 Å². The number of nitrogens with zero attached hydrogens (tertiary/aromatic N) is 2. The number of benzene rings is 1. The fraction of sp³-hybridized carbons (Fsp3) is 0.500. The van der Waals surface area contributed by atoms with Crippen molar-refractivity contribution in [3.8, 4) is 0 Å². The van der Waals surface area contributed by atoms with E-state index in [9.17, 15) is 4.79 Å². The molecule has 21 heavy (non-hydrogen) atoms. The molecule has 0 radical (unpaired) electrons. The number of alkyl halides is 1. The molecule has 0 saturated carbocycles. The van der Waals surface area contributed by atoms with Gasteiger partial charge >= 0.3 is 0 Å². The minimum Gasteiger partial charge on any atom is -0.385 e. The van der Waals surface area contributed by atoms with Gasteiger partial charge in [0.05, 0.1) is 16.3 Å². The Balaban J connectivity index is 2.29. The number of halogens is 1. The van der Waals surface area contributed by atoms with Crippen molar-refractivity contribution >= 4 is 22.5 Å². The van der Waals surface area contributed by atoms with Gasteiger partial charge in [0, 0.05) is 20.3 Å². The Morgan fingerprint density at radius 2 is 2.05 bits per heavy atom. The average Bonchev–Trinajstić information content (AvgIpc) is 2.48. The summed E-state index contributed by atoms with van der Waals surface area (Å²) in [6.07, 6.45) is 2.93. The lowest BCUT2D eigenvalue weighted by atomic mass is 10.2. The van der Waals surface area contributed by atoms with Gasteiger partial charge in [-0.25, -0.2) is 4.98 Å². The van der Waals surface area contributed by atoms with Crippen molar-refractivity contribution in [3.05, 3.63) is 40.4 Å². The summed E-state index contributed by atoms with van der Waals surface area (Å²) in [5.74, 6) is 0.645. The van der Waals surface area contributed by atoms with E-state index in [-0.39, 0.29) is 10.9 Å². The van der Waals surface area contributed by atoms with Gasteiger partial charge in [-0.1, -0.05) is 12.1 Å². The van der Waals surface area contributed by atoms with Crippen LogP contribution in [0.15, 0.2) is 29.1 Å². The van der Waals surface area contributed by atoms with Gasteiger partial charge in [-0.15, -0.1) is 11.6 Å². The Hall–Kier alpha value is -1.39. The smallest absolute Gasteiger partial charge is 0.261 e. The second-order valence-corrected chi connectivity index (χ2v) is 5.77. The molecule has 0 saturated heterocycles. The van der Waals surface area contributed by atoms with Gasteiger partial charge in [-0.3, -0.25) is 9.36 Å². The lowest BCUT2D eigenvalue weighted by Gasteiger charge is -2.14. The first-order valence-electron chi connectivity index (χ1n) is 7.27. The molecule has 0 aliphatic carbocycles. The summed E-state index contributed by atoms with van der Waals surface area (Å²) in [5.41, 5.74) is 0.704. The molecule has 114 valence electrons. The minimum absolute atomic E-state index is 0.00478. The summed E-state index contributed by atoms with van der Waals surface area (Å²) in [6, 6.07) is 7.40. The third-order valence-corrected chi connectivity index (χ3v) is 3.67. The summed E-state index contributed by atoms with van der Waals surface area (Å²) in [7, 11) is 1.70. The maximum Gasteiger partial charge on any atom is 0.261 e. The maximum absolute atomic E-state index is 12.6. The van der Waals surface area contributed by atoms with Gasteiger partial charge < -0.3 is 4.74 Å². The molecule has 1 aromatic carbocycles. The van der Waals surface area contributed by atoms with Gasteiger partial charge in [-0.05, 0) is 38.3 Å². The zero-order valence-corrected chi connectivity index (χ0v) is 13.3. The number of hydrogen-bond acceptors (Lipinski definition) is 3. The molecular formula is C16H21ClN2O2. The molecule has 4 nitrogen and oxygen atoms in total. The van der Waals surface area contributed by atoms with Crippen molar-refractivity contribution in [2.24, 2.45) is 0 Å². The number of ether oxygens (including phenoxy) is 1. The van der Waals surface area contributed by atoms with Gasteiger partial charge in [0.1, 0.15) is 5.82 Å². The average molecular weight is 309 g/mol. The third kappa shape index (κ3) is 3.83. The standard InChI is InChI=1S/C16H21ClN2O2/c1-12(17)15-18-14-9-5-4-8-13(14)16(20)19(15)10-6-3-7-11-21-2/h4-5,8-9,12H,3,6-7,10-11H2,1-2H3. The third-order valence-electron chi connectivity index (χ3n) is 3.48. The molecule has 0 aliphatic rings. The van der Waals surface area contributed by atoms with Crippen molar-refractivity contribution in [2.75, 3.05) is 13.7 Å². The number of unbranched alkanes of at least 4 members (excludes halogenated alkanes) is 2. The van der Waals surface area contributed by atoms with Crippen LogP contribution >= 0.6 is 11.6 Å². The Morgan fingerprint density at radius 3 is 2.76 bits per heavy atom. The zero-order valence-electron chi connectivity index (χ0n) is 12.5. The molecule has 2 aromatic rings. The second-order valence-electron chi connectivity index (χ2n) is 5.11. The number of fused-ring (bicyclic) bond motifs is 1. The van der Waals surface area contributed by atoms with E-state index in [0.717, 1.165) is 25.9 Å². The summed E-state index contributed by atoms with van der Waals surface area (Å²) in [4.78, 5) is 17.2. The van der Waals surface area contributed by atoms with Crippen LogP contribution in [-0.4, -0.2) is 23.3 Å². The van der Waals surface area contributed by atoms with Crippen LogP contribution in [-0.2, 0) is 11.3 Å². The predicted molar refractivity (Wildman–Crippen MR) is 86.0 cm³/mol. The van der Waals surface area contributed by atoms with Gasteiger partial charge in [0.15, 0.2) is 0 Å². The van der Waals surface area contributed by atoms with Gasteiger partial charge in [-0.2, -0.15) is 0 Å². The van der Waals surface area contributed by atoms with Crippen LogP contribution in [0, 0.1) is 0 Å². The Kier molecular flexibility index (Phi) is 5.76. The highest BCUT2D eigenvalue weighted by molar-refractivity contribution is 6.20. The monoisotopic (exact) mass is 308 g/mol. The van der Waals surface area contributed by atoms with Gasteiger partial charge in [0.2, 0.25) is 0 Å². The van der Waals surface area contributed by atoms with Crippen molar-refractivity contribution in [1.82, 2.24) is 9.55 Å². The first-order valence-corrected chi connectivity index (χ1v) is 7.71. The fourth-order valence-corrected chi connectivity index (χ4v) is 2.56. The molecule has 1 atom stereocenters. The summed E-state index contributed by atoms with van der Waals surface area (Å²) < 4.78 is 6.75. The van der Waals surface area contributed by atoms with E-state index in [1.54, 1.807) is 11.7 Å². The van der Waals surface area contributed by atoms with E-state index in [1.165, 1.54) is 0 Å². The van der Waals surface area contributed by atoms with E-state index < -0.39 is 0 Å². The molecule has 0 amide bonds. The highest BCUT2D eigenvalue weighted by atomic mass is 35.5. The first kappa shape index (κ1) is 16.0. The lowest BCUT2D eigenvalue weighted by molar-refractivity contribution is 0.191. The van der Waals surface area contributed by atoms with Crippen LogP contribution in [0.4, 0.5) is 0 Å². The summed E-state index contributed by atoms with van der Waals surface area (Å²) in [5, 5.41) is 0.358. The van der Waals surface area contributed by atoms with Crippen LogP contribution < -0.4 is 5.56 Å². The van der Waals surface area contributed by atoms with E-state index in [2.05, 4.69) is 4.98 Å². The molecule has 1 unspecified atom stereocenters.